The fourth-order valence-corrected chi connectivity index (χ4v) is 1.94. The third-order valence-corrected chi connectivity index (χ3v) is 3.52. The lowest BCUT2D eigenvalue weighted by molar-refractivity contribution is 0.0946. The van der Waals surface area contributed by atoms with E-state index in [9.17, 15) is 9.90 Å². The van der Waals surface area contributed by atoms with E-state index in [2.05, 4.69) is 5.32 Å². The number of phenolic OH excluding ortho intramolecular Hbond substituents is 1. The predicted octanol–water partition coefficient (Wildman–Crippen LogP) is 2.81. The lowest BCUT2D eigenvalue weighted by Crippen LogP contribution is -2.28. The van der Waals surface area contributed by atoms with Gasteiger partial charge in [-0.15, -0.1) is 0 Å². The Balaban J connectivity index is 1.79. The number of carbonyl (C=O) groups is 1. The molecule has 0 aliphatic carbocycles. The van der Waals surface area contributed by atoms with E-state index in [-0.39, 0.29) is 11.7 Å². The summed E-state index contributed by atoms with van der Waals surface area (Å²) in [6.45, 7) is 0.798. The zero-order valence-electron chi connectivity index (χ0n) is 10.7. The number of halogens is 1. The van der Waals surface area contributed by atoms with Crippen molar-refractivity contribution in [1.82, 2.24) is 5.32 Å². The van der Waals surface area contributed by atoms with E-state index < -0.39 is 0 Å². The molecule has 4 nitrogen and oxygen atoms in total. The van der Waals surface area contributed by atoms with Crippen LogP contribution in [0.25, 0.3) is 0 Å². The van der Waals surface area contributed by atoms with Crippen molar-refractivity contribution >= 4 is 28.5 Å². The lowest BCUT2D eigenvalue weighted by atomic mass is 10.2. The molecule has 0 aliphatic rings. The molecule has 0 saturated heterocycles. The van der Waals surface area contributed by atoms with Crippen molar-refractivity contribution in [2.75, 3.05) is 13.2 Å². The Labute approximate surface area is 130 Å². The molecule has 0 bridgehead atoms. The average Bonchev–Trinajstić information content (AvgIpc) is 2.47. The molecule has 2 aromatic rings. The number of para-hydroxylation sites is 1. The smallest absolute Gasteiger partial charge is 0.251 e. The molecule has 20 heavy (non-hydrogen) atoms. The maximum Gasteiger partial charge on any atom is 0.251 e. The first-order valence-corrected chi connectivity index (χ1v) is 7.19. The van der Waals surface area contributed by atoms with Gasteiger partial charge in [0.25, 0.3) is 5.91 Å². The van der Waals surface area contributed by atoms with Gasteiger partial charge in [0, 0.05) is 5.56 Å². The van der Waals surface area contributed by atoms with Gasteiger partial charge >= 0.3 is 0 Å². The van der Waals surface area contributed by atoms with Crippen LogP contribution in [0.5, 0.6) is 11.5 Å². The highest BCUT2D eigenvalue weighted by atomic mass is 127. The number of hydrogen-bond donors (Lipinski definition) is 2. The molecular formula is C15H14INO3. The summed E-state index contributed by atoms with van der Waals surface area (Å²) >= 11 is 2.00. The fourth-order valence-electron chi connectivity index (χ4n) is 1.61. The van der Waals surface area contributed by atoms with Gasteiger partial charge < -0.3 is 15.2 Å². The van der Waals surface area contributed by atoms with Gasteiger partial charge in [-0.25, -0.2) is 0 Å². The molecule has 5 heteroatoms. The minimum atomic E-state index is -0.228. The van der Waals surface area contributed by atoms with Gasteiger partial charge in [-0.05, 0) is 52.9 Å². The quantitative estimate of drug-likeness (QED) is 0.617. The van der Waals surface area contributed by atoms with Crippen molar-refractivity contribution in [3.63, 3.8) is 0 Å². The summed E-state index contributed by atoms with van der Waals surface area (Å²) in [6, 6.07) is 14.2. The van der Waals surface area contributed by atoms with Crippen LogP contribution in [0.15, 0.2) is 48.5 Å². The Kier molecular flexibility index (Phi) is 5.23. The molecule has 1 amide bonds. The van der Waals surface area contributed by atoms with Crippen molar-refractivity contribution in [3.8, 4) is 11.5 Å². The number of benzene rings is 2. The van der Waals surface area contributed by atoms with Crippen molar-refractivity contribution in [1.29, 1.82) is 0 Å². The van der Waals surface area contributed by atoms with Gasteiger partial charge in [-0.1, -0.05) is 18.2 Å². The summed E-state index contributed by atoms with van der Waals surface area (Å²) in [5.41, 5.74) is 0.433. The minimum absolute atomic E-state index is 0.110. The molecule has 2 aromatic carbocycles. The monoisotopic (exact) mass is 383 g/mol. The molecule has 2 N–H and O–H groups in total. The largest absolute Gasteiger partial charge is 0.507 e. The highest BCUT2D eigenvalue weighted by molar-refractivity contribution is 14.1. The number of carbonyl (C=O) groups excluding carboxylic acids is 1. The molecule has 2 rings (SSSR count). The van der Waals surface area contributed by atoms with Crippen LogP contribution in [0.1, 0.15) is 10.4 Å². The van der Waals surface area contributed by atoms with Crippen molar-refractivity contribution in [3.05, 3.63) is 57.7 Å². The second-order valence-electron chi connectivity index (χ2n) is 4.08. The van der Waals surface area contributed by atoms with Crippen molar-refractivity contribution < 1.29 is 14.6 Å². The summed E-state index contributed by atoms with van der Waals surface area (Å²) in [5, 5.41) is 12.3. The number of amides is 1. The third-order valence-electron chi connectivity index (χ3n) is 2.61. The third kappa shape index (κ3) is 4.12. The van der Waals surface area contributed by atoms with Crippen LogP contribution >= 0.6 is 22.6 Å². The van der Waals surface area contributed by atoms with Crippen LogP contribution in [0.3, 0.4) is 0 Å². The molecule has 0 fully saturated rings. The van der Waals surface area contributed by atoms with Crippen LogP contribution in [-0.2, 0) is 0 Å². The minimum Gasteiger partial charge on any atom is -0.507 e. The average molecular weight is 383 g/mol. The second-order valence-corrected chi connectivity index (χ2v) is 5.25. The first-order chi connectivity index (χ1) is 9.66. The molecular weight excluding hydrogens is 369 g/mol. The highest BCUT2D eigenvalue weighted by Crippen LogP contribution is 2.20. The van der Waals surface area contributed by atoms with Crippen LogP contribution in [0.4, 0.5) is 0 Å². The molecule has 104 valence electrons. The summed E-state index contributed by atoms with van der Waals surface area (Å²) in [5.74, 6) is 0.654. The normalized spacial score (nSPS) is 10.1. The van der Waals surface area contributed by atoms with E-state index >= 15 is 0 Å². The van der Waals surface area contributed by atoms with Crippen LogP contribution in [0.2, 0.25) is 0 Å². The second kappa shape index (κ2) is 7.14. The SMILES string of the molecule is O=C(NCCOc1ccccc1)c1ccc(I)c(O)c1. The number of nitrogens with one attached hydrogen (secondary N) is 1. The Morgan fingerprint density at radius 2 is 1.95 bits per heavy atom. The summed E-state index contributed by atoms with van der Waals surface area (Å²) in [6.07, 6.45) is 0. The Morgan fingerprint density at radius 3 is 2.65 bits per heavy atom. The number of aromatic hydroxyl groups is 1. The first kappa shape index (κ1) is 14.6. The van der Waals surface area contributed by atoms with Crippen LogP contribution in [0, 0.1) is 3.57 Å². The summed E-state index contributed by atoms with van der Waals surface area (Å²) in [4.78, 5) is 11.8. The van der Waals surface area contributed by atoms with E-state index in [0.29, 0.717) is 22.3 Å². The number of ether oxygens (including phenoxy) is 1. The molecule has 0 radical (unpaired) electrons. The maximum atomic E-state index is 11.8. The van der Waals surface area contributed by atoms with Gasteiger partial charge in [0.1, 0.15) is 18.1 Å². The van der Waals surface area contributed by atoms with Gasteiger partial charge in [0.15, 0.2) is 0 Å². The van der Waals surface area contributed by atoms with E-state index in [0.717, 1.165) is 5.75 Å². The van der Waals surface area contributed by atoms with Crippen molar-refractivity contribution in [2.45, 2.75) is 0 Å². The molecule has 0 atom stereocenters. The van der Waals surface area contributed by atoms with E-state index in [1.807, 2.05) is 52.9 Å². The highest BCUT2D eigenvalue weighted by Gasteiger charge is 2.07. The lowest BCUT2D eigenvalue weighted by Gasteiger charge is -2.08. The Hall–Kier alpha value is -1.76. The zero-order valence-corrected chi connectivity index (χ0v) is 12.8. The maximum absolute atomic E-state index is 11.8. The van der Waals surface area contributed by atoms with Crippen LogP contribution in [-0.4, -0.2) is 24.2 Å². The number of phenols is 1. The standard InChI is InChI=1S/C15H14INO3/c16-13-7-6-11(10-14(13)18)15(19)17-8-9-20-12-4-2-1-3-5-12/h1-7,10,18H,8-9H2,(H,17,19). The molecule has 0 aliphatic heterocycles. The topological polar surface area (TPSA) is 58.6 Å². The number of hydrogen-bond acceptors (Lipinski definition) is 3. The van der Waals surface area contributed by atoms with E-state index in [1.165, 1.54) is 6.07 Å². The predicted molar refractivity (Wildman–Crippen MR) is 85.1 cm³/mol. The summed E-state index contributed by atoms with van der Waals surface area (Å²) < 4.78 is 6.18. The fraction of sp³-hybridized carbons (Fsp3) is 0.133. The molecule has 0 spiro atoms. The molecule has 0 heterocycles. The van der Waals surface area contributed by atoms with E-state index in [1.54, 1.807) is 12.1 Å². The number of rotatable bonds is 5. The van der Waals surface area contributed by atoms with Crippen molar-refractivity contribution in [2.24, 2.45) is 0 Å². The van der Waals surface area contributed by atoms with E-state index in [4.69, 9.17) is 4.74 Å². The van der Waals surface area contributed by atoms with Gasteiger partial charge in [-0.2, -0.15) is 0 Å². The first-order valence-electron chi connectivity index (χ1n) is 6.11. The van der Waals surface area contributed by atoms with Crippen LogP contribution < -0.4 is 10.1 Å². The molecule has 0 aromatic heterocycles. The Morgan fingerprint density at radius 1 is 1.20 bits per heavy atom. The molecule has 0 saturated carbocycles. The summed E-state index contributed by atoms with van der Waals surface area (Å²) in [7, 11) is 0. The zero-order chi connectivity index (χ0) is 14.4. The van der Waals surface area contributed by atoms with Gasteiger partial charge in [-0.3, -0.25) is 4.79 Å². The van der Waals surface area contributed by atoms with Gasteiger partial charge in [0.05, 0.1) is 10.1 Å². The molecule has 0 unspecified atom stereocenters. The van der Waals surface area contributed by atoms with Gasteiger partial charge in [0.2, 0.25) is 0 Å². The Bertz CT molecular complexity index is 587.